The molecule has 0 aliphatic rings. The Morgan fingerprint density at radius 1 is 1.10 bits per heavy atom. The normalized spacial score (nSPS) is 10.7. The molecule has 1 heterocycles. The second-order valence-electron chi connectivity index (χ2n) is 4.90. The van der Waals surface area contributed by atoms with Crippen molar-refractivity contribution in [1.29, 1.82) is 0 Å². The van der Waals surface area contributed by atoms with Crippen LogP contribution in [0.2, 0.25) is 0 Å². The highest BCUT2D eigenvalue weighted by molar-refractivity contribution is 5.96. The quantitative estimate of drug-likeness (QED) is 0.722. The van der Waals surface area contributed by atoms with Crippen LogP contribution in [0.5, 0.6) is 0 Å². The van der Waals surface area contributed by atoms with Crippen molar-refractivity contribution >= 4 is 22.6 Å². The number of hydrogen-bond donors (Lipinski definition) is 2. The standard InChI is InChI=1S/C17H16N2O2/c18-14-6-7-15-13(10-14)11-16(21-15)17(20)19-9-8-12-4-2-1-3-5-12/h1-7,10-11H,8-9,18H2,(H,19,20). The van der Waals surface area contributed by atoms with Gasteiger partial charge in [0.1, 0.15) is 5.58 Å². The molecule has 4 heteroatoms. The Morgan fingerprint density at radius 2 is 1.90 bits per heavy atom. The number of nitrogens with two attached hydrogens (primary N) is 1. The highest BCUT2D eigenvalue weighted by atomic mass is 16.3. The van der Waals surface area contributed by atoms with Gasteiger partial charge in [0.15, 0.2) is 5.76 Å². The minimum atomic E-state index is -0.208. The molecule has 3 rings (SSSR count). The zero-order chi connectivity index (χ0) is 14.7. The van der Waals surface area contributed by atoms with Gasteiger partial charge in [-0.2, -0.15) is 0 Å². The molecular formula is C17H16N2O2. The third-order valence-electron chi connectivity index (χ3n) is 3.31. The lowest BCUT2D eigenvalue weighted by atomic mass is 10.1. The van der Waals surface area contributed by atoms with Crippen molar-refractivity contribution in [1.82, 2.24) is 5.32 Å². The SMILES string of the molecule is Nc1ccc2oc(C(=O)NCCc3ccccc3)cc2c1. The summed E-state index contributed by atoms with van der Waals surface area (Å²) in [5.41, 5.74) is 8.22. The third kappa shape index (κ3) is 3.05. The Balaban J connectivity index is 1.64. The summed E-state index contributed by atoms with van der Waals surface area (Å²) in [6, 6.07) is 17.0. The summed E-state index contributed by atoms with van der Waals surface area (Å²) in [6.07, 6.45) is 0.791. The molecule has 106 valence electrons. The molecule has 0 unspecified atom stereocenters. The van der Waals surface area contributed by atoms with E-state index in [0.29, 0.717) is 23.6 Å². The smallest absolute Gasteiger partial charge is 0.287 e. The maximum absolute atomic E-state index is 12.1. The van der Waals surface area contributed by atoms with Gasteiger partial charge in [-0.15, -0.1) is 0 Å². The second-order valence-corrected chi connectivity index (χ2v) is 4.90. The summed E-state index contributed by atoms with van der Waals surface area (Å²) in [6.45, 7) is 0.571. The van der Waals surface area contributed by atoms with Gasteiger partial charge in [0.25, 0.3) is 5.91 Å². The van der Waals surface area contributed by atoms with Crippen LogP contribution >= 0.6 is 0 Å². The Hall–Kier alpha value is -2.75. The highest BCUT2D eigenvalue weighted by Gasteiger charge is 2.11. The fourth-order valence-corrected chi connectivity index (χ4v) is 2.23. The van der Waals surface area contributed by atoms with Gasteiger partial charge >= 0.3 is 0 Å². The molecule has 1 aromatic heterocycles. The number of amides is 1. The van der Waals surface area contributed by atoms with Crippen molar-refractivity contribution in [2.45, 2.75) is 6.42 Å². The summed E-state index contributed by atoms with van der Waals surface area (Å²) in [7, 11) is 0. The molecular weight excluding hydrogens is 264 g/mol. The van der Waals surface area contributed by atoms with Crippen molar-refractivity contribution in [3.05, 3.63) is 65.9 Å². The van der Waals surface area contributed by atoms with E-state index in [9.17, 15) is 4.79 Å². The molecule has 3 N–H and O–H groups in total. The Bertz CT molecular complexity index is 763. The molecule has 0 saturated heterocycles. The zero-order valence-electron chi connectivity index (χ0n) is 11.5. The molecule has 0 fully saturated rings. The average Bonchev–Trinajstić information content (AvgIpc) is 2.91. The van der Waals surface area contributed by atoms with E-state index in [1.165, 1.54) is 5.56 Å². The molecule has 0 radical (unpaired) electrons. The number of nitrogens with one attached hydrogen (secondary N) is 1. The molecule has 4 nitrogen and oxygen atoms in total. The lowest BCUT2D eigenvalue weighted by molar-refractivity contribution is 0.0928. The molecule has 0 atom stereocenters. The van der Waals surface area contributed by atoms with E-state index in [0.717, 1.165) is 11.8 Å². The van der Waals surface area contributed by atoms with Crippen molar-refractivity contribution < 1.29 is 9.21 Å². The molecule has 0 saturated carbocycles. The molecule has 21 heavy (non-hydrogen) atoms. The summed E-state index contributed by atoms with van der Waals surface area (Å²) in [4.78, 5) is 12.1. The first-order chi connectivity index (χ1) is 10.2. The van der Waals surface area contributed by atoms with E-state index < -0.39 is 0 Å². The third-order valence-corrected chi connectivity index (χ3v) is 3.31. The van der Waals surface area contributed by atoms with Crippen LogP contribution in [-0.2, 0) is 6.42 Å². The van der Waals surface area contributed by atoms with Crippen LogP contribution in [0.25, 0.3) is 11.0 Å². The summed E-state index contributed by atoms with van der Waals surface area (Å²) >= 11 is 0. The van der Waals surface area contributed by atoms with Crippen LogP contribution in [0.4, 0.5) is 5.69 Å². The lowest BCUT2D eigenvalue weighted by Gasteiger charge is -2.03. The summed E-state index contributed by atoms with van der Waals surface area (Å²) < 4.78 is 5.52. The minimum absolute atomic E-state index is 0.208. The number of benzene rings is 2. The van der Waals surface area contributed by atoms with Gasteiger partial charge in [-0.1, -0.05) is 30.3 Å². The molecule has 3 aromatic rings. The Morgan fingerprint density at radius 3 is 2.71 bits per heavy atom. The van der Waals surface area contributed by atoms with Crippen molar-refractivity contribution in [3.63, 3.8) is 0 Å². The molecule has 0 aliphatic heterocycles. The van der Waals surface area contributed by atoms with E-state index in [1.807, 2.05) is 30.3 Å². The Kier molecular flexibility index (Phi) is 3.60. The van der Waals surface area contributed by atoms with Crippen molar-refractivity contribution in [3.8, 4) is 0 Å². The second kappa shape index (κ2) is 5.71. The lowest BCUT2D eigenvalue weighted by Crippen LogP contribution is -2.25. The maximum Gasteiger partial charge on any atom is 0.287 e. The fourth-order valence-electron chi connectivity index (χ4n) is 2.23. The van der Waals surface area contributed by atoms with Crippen LogP contribution in [0, 0.1) is 0 Å². The number of carbonyl (C=O) groups is 1. The number of hydrogen-bond acceptors (Lipinski definition) is 3. The first-order valence-corrected chi connectivity index (χ1v) is 6.83. The molecule has 0 bridgehead atoms. The predicted molar refractivity (Wildman–Crippen MR) is 83.1 cm³/mol. The Labute approximate surface area is 122 Å². The predicted octanol–water partition coefficient (Wildman–Crippen LogP) is 2.99. The van der Waals surface area contributed by atoms with Crippen LogP contribution < -0.4 is 11.1 Å². The van der Waals surface area contributed by atoms with Gasteiger partial charge in [0.05, 0.1) is 0 Å². The zero-order valence-corrected chi connectivity index (χ0v) is 11.5. The van der Waals surface area contributed by atoms with Gasteiger partial charge in [0, 0.05) is 17.6 Å². The van der Waals surface area contributed by atoms with Gasteiger partial charge in [-0.25, -0.2) is 0 Å². The van der Waals surface area contributed by atoms with Crippen molar-refractivity contribution in [2.24, 2.45) is 0 Å². The molecule has 0 aliphatic carbocycles. The fraction of sp³-hybridized carbons (Fsp3) is 0.118. The molecule has 1 amide bonds. The van der Waals surface area contributed by atoms with E-state index in [-0.39, 0.29) is 5.91 Å². The van der Waals surface area contributed by atoms with Crippen LogP contribution in [0.3, 0.4) is 0 Å². The first kappa shape index (κ1) is 13.2. The number of nitrogen functional groups attached to an aromatic ring is 1. The number of carbonyl (C=O) groups excluding carboxylic acids is 1. The highest BCUT2D eigenvalue weighted by Crippen LogP contribution is 2.21. The van der Waals surface area contributed by atoms with Crippen LogP contribution in [0.1, 0.15) is 16.1 Å². The van der Waals surface area contributed by atoms with Gasteiger partial charge in [-0.3, -0.25) is 4.79 Å². The van der Waals surface area contributed by atoms with Gasteiger partial charge in [-0.05, 0) is 36.2 Å². The van der Waals surface area contributed by atoms with E-state index in [4.69, 9.17) is 10.2 Å². The maximum atomic E-state index is 12.1. The van der Waals surface area contributed by atoms with Crippen LogP contribution in [0.15, 0.2) is 59.0 Å². The van der Waals surface area contributed by atoms with Crippen LogP contribution in [-0.4, -0.2) is 12.5 Å². The first-order valence-electron chi connectivity index (χ1n) is 6.83. The molecule has 0 spiro atoms. The number of anilines is 1. The summed E-state index contributed by atoms with van der Waals surface area (Å²) in [5, 5.41) is 3.70. The van der Waals surface area contributed by atoms with Gasteiger partial charge in [0.2, 0.25) is 0 Å². The number of fused-ring (bicyclic) bond motifs is 1. The number of furan rings is 1. The number of rotatable bonds is 4. The monoisotopic (exact) mass is 280 g/mol. The largest absolute Gasteiger partial charge is 0.451 e. The average molecular weight is 280 g/mol. The van der Waals surface area contributed by atoms with E-state index in [2.05, 4.69) is 5.32 Å². The summed E-state index contributed by atoms with van der Waals surface area (Å²) in [5.74, 6) is 0.101. The minimum Gasteiger partial charge on any atom is -0.451 e. The van der Waals surface area contributed by atoms with Crippen molar-refractivity contribution in [2.75, 3.05) is 12.3 Å². The topological polar surface area (TPSA) is 68.3 Å². The van der Waals surface area contributed by atoms with E-state index in [1.54, 1.807) is 24.3 Å². The van der Waals surface area contributed by atoms with Gasteiger partial charge < -0.3 is 15.5 Å². The van der Waals surface area contributed by atoms with E-state index >= 15 is 0 Å². The molecule has 2 aromatic carbocycles.